The monoisotopic (exact) mass is 546 g/mol. The zero-order valence-electron chi connectivity index (χ0n) is 20.6. The number of anilines is 1. The van der Waals surface area contributed by atoms with Crippen LogP contribution in [0.15, 0.2) is 47.6 Å². The van der Waals surface area contributed by atoms with Crippen LogP contribution in [0.2, 0.25) is 0 Å². The Labute approximate surface area is 216 Å². The van der Waals surface area contributed by atoms with E-state index in [1.54, 1.807) is 30.3 Å². The molecule has 0 aliphatic heterocycles. The third-order valence-corrected chi connectivity index (χ3v) is 10.8. The third-order valence-electron chi connectivity index (χ3n) is 7.10. The Kier molecular flexibility index (Phi) is 6.71. The van der Waals surface area contributed by atoms with Gasteiger partial charge >= 0.3 is 0 Å². The maximum absolute atomic E-state index is 13.1. The molecule has 3 atom stereocenters. The average molecular weight is 547 g/mol. The SMILES string of the molecule is CC[C@@H]1C[C@H](NS(=O)(=O)C2CC2)C[C@@H]1C(=O)NNc1cnc2c(ccn2S(=O)(=O)c2ccc(C)cc2)n1. The number of carbonyl (C=O) groups excluding carboxylic acids is 1. The first-order chi connectivity index (χ1) is 17.6. The molecular weight excluding hydrogens is 516 g/mol. The summed E-state index contributed by atoms with van der Waals surface area (Å²) in [6.45, 7) is 3.87. The minimum absolute atomic E-state index is 0.0586. The fourth-order valence-corrected chi connectivity index (χ4v) is 7.79. The van der Waals surface area contributed by atoms with Gasteiger partial charge in [-0.05, 0) is 56.7 Å². The standard InChI is InChI=1S/C24H30N6O5S2/c1-3-16-12-17(29-36(32,33)18-8-9-18)13-20(16)24(31)28-27-22-14-25-23-21(26-22)10-11-30(23)37(34,35)19-6-4-15(2)5-7-19/h4-7,10-11,14,16-18,20,29H,3,8-9,12-13H2,1-2H3,(H,26,27)(H,28,31)/t16-,17+,20+/m1/s1. The summed E-state index contributed by atoms with van der Waals surface area (Å²) in [5.74, 6) is -0.283. The fourth-order valence-electron chi connectivity index (χ4n) is 4.88. The lowest BCUT2D eigenvalue weighted by Gasteiger charge is -2.17. The van der Waals surface area contributed by atoms with Crippen molar-refractivity contribution >= 4 is 42.9 Å². The number of aryl methyl sites for hydroxylation is 1. The predicted molar refractivity (Wildman–Crippen MR) is 138 cm³/mol. The van der Waals surface area contributed by atoms with Crippen molar-refractivity contribution in [3.8, 4) is 0 Å². The van der Waals surface area contributed by atoms with Crippen LogP contribution in [0.1, 0.15) is 44.6 Å². The molecule has 0 bridgehead atoms. The quantitative estimate of drug-likeness (QED) is 0.346. The molecule has 0 unspecified atom stereocenters. The average Bonchev–Trinajstić information content (AvgIpc) is 3.53. The van der Waals surface area contributed by atoms with Gasteiger partial charge in [-0.1, -0.05) is 31.0 Å². The summed E-state index contributed by atoms with van der Waals surface area (Å²) in [7, 11) is -7.16. The predicted octanol–water partition coefficient (Wildman–Crippen LogP) is 2.31. The van der Waals surface area contributed by atoms with Crippen molar-refractivity contribution in [2.75, 3.05) is 5.43 Å². The maximum Gasteiger partial charge on any atom is 0.269 e. The first kappa shape index (κ1) is 25.6. The van der Waals surface area contributed by atoms with E-state index < -0.39 is 20.0 Å². The number of sulfonamides is 1. The summed E-state index contributed by atoms with van der Waals surface area (Å²) < 4.78 is 54.6. The smallest absolute Gasteiger partial charge is 0.269 e. The highest BCUT2D eigenvalue weighted by atomic mass is 32.2. The topological polar surface area (TPSA) is 152 Å². The maximum atomic E-state index is 13.1. The third kappa shape index (κ3) is 5.20. The van der Waals surface area contributed by atoms with Gasteiger partial charge < -0.3 is 0 Å². The van der Waals surface area contributed by atoms with Gasteiger partial charge in [-0.15, -0.1) is 0 Å². The van der Waals surface area contributed by atoms with Crippen molar-refractivity contribution in [3.05, 3.63) is 48.3 Å². The Balaban J connectivity index is 1.25. The second-order valence-corrected chi connectivity index (χ2v) is 13.6. The number of amides is 1. The van der Waals surface area contributed by atoms with Gasteiger partial charge in [-0.3, -0.25) is 15.6 Å². The molecule has 2 fully saturated rings. The minimum Gasteiger partial charge on any atom is -0.281 e. The van der Waals surface area contributed by atoms with Gasteiger partial charge in [0.15, 0.2) is 11.5 Å². The first-order valence-electron chi connectivity index (χ1n) is 12.3. The highest BCUT2D eigenvalue weighted by Crippen LogP contribution is 2.36. The van der Waals surface area contributed by atoms with Gasteiger partial charge in [0.2, 0.25) is 15.9 Å². The Morgan fingerprint density at radius 3 is 2.49 bits per heavy atom. The summed E-state index contributed by atoms with van der Waals surface area (Å²) in [6, 6.07) is 7.84. The molecule has 0 saturated heterocycles. The van der Waals surface area contributed by atoms with Crippen molar-refractivity contribution in [2.24, 2.45) is 11.8 Å². The zero-order chi connectivity index (χ0) is 26.4. The van der Waals surface area contributed by atoms with Gasteiger partial charge in [0.25, 0.3) is 10.0 Å². The van der Waals surface area contributed by atoms with Crippen LogP contribution in [0.4, 0.5) is 5.82 Å². The van der Waals surface area contributed by atoms with Gasteiger partial charge in [-0.2, -0.15) is 0 Å². The number of aromatic nitrogens is 3. The Morgan fingerprint density at radius 1 is 1.08 bits per heavy atom. The Morgan fingerprint density at radius 2 is 1.81 bits per heavy atom. The number of hydrazine groups is 1. The second-order valence-electron chi connectivity index (χ2n) is 9.81. The summed E-state index contributed by atoms with van der Waals surface area (Å²) in [4.78, 5) is 21.7. The van der Waals surface area contributed by atoms with E-state index >= 15 is 0 Å². The van der Waals surface area contributed by atoms with Crippen molar-refractivity contribution in [1.29, 1.82) is 0 Å². The molecule has 5 rings (SSSR count). The van der Waals surface area contributed by atoms with E-state index in [1.807, 2.05) is 13.8 Å². The van der Waals surface area contributed by atoms with E-state index in [2.05, 4.69) is 25.5 Å². The molecule has 1 amide bonds. The molecule has 0 spiro atoms. The van der Waals surface area contributed by atoms with Crippen LogP contribution in [0, 0.1) is 18.8 Å². The molecule has 2 aliphatic rings. The highest BCUT2D eigenvalue weighted by Gasteiger charge is 2.42. The van der Waals surface area contributed by atoms with Crippen LogP contribution < -0.4 is 15.6 Å². The molecule has 2 saturated carbocycles. The van der Waals surface area contributed by atoms with Crippen LogP contribution in [0.3, 0.4) is 0 Å². The van der Waals surface area contributed by atoms with Crippen LogP contribution in [-0.4, -0.2) is 48.0 Å². The number of rotatable bonds is 9. The summed E-state index contributed by atoms with van der Waals surface area (Å²) >= 11 is 0. The van der Waals surface area contributed by atoms with Crippen molar-refractivity contribution in [2.45, 2.75) is 62.1 Å². The molecule has 37 heavy (non-hydrogen) atoms. The van der Waals surface area contributed by atoms with Gasteiger partial charge in [0.05, 0.1) is 16.3 Å². The zero-order valence-corrected chi connectivity index (χ0v) is 22.2. The molecule has 198 valence electrons. The van der Waals surface area contributed by atoms with E-state index in [1.165, 1.54) is 12.4 Å². The number of nitrogens with zero attached hydrogens (tertiary/aromatic N) is 3. The number of carbonyl (C=O) groups is 1. The van der Waals surface area contributed by atoms with E-state index in [4.69, 9.17) is 0 Å². The largest absolute Gasteiger partial charge is 0.281 e. The van der Waals surface area contributed by atoms with Crippen molar-refractivity contribution < 1.29 is 21.6 Å². The van der Waals surface area contributed by atoms with E-state index in [9.17, 15) is 21.6 Å². The van der Waals surface area contributed by atoms with Crippen LogP contribution >= 0.6 is 0 Å². The first-order valence-corrected chi connectivity index (χ1v) is 15.3. The van der Waals surface area contributed by atoms with E-state index in [0.29, 0.717) is 31.2 Å². The van der Waals surface area contributed by atoms with Gasteiger partial charge in [-0.25, -0.2) is 35.5 Å². The lowest BCUT2D eigenvalue weighted by atomic mass is 9.93. The molecule has 0 radical (unpaired) electrons. The lowest BCUT2D eigenvalue weighted by Crippen LogP contribution is -2.38. The number of hydrogen-bond donors (Lipinski definition) is 3. The van der Waals surface area contributed by atoms with Crippen molar-refractivity contribution in [3.63, 3.8) is 0 Å². The molecule has 2 aromatic heterocycles. The van der Waals surface area contributed by atoms with Gasteiger partial charge in [0.1, 0.15) is 5.52 Å². The van der Waals surface area contributed by atoms with E-state index in [0.717, 1.165) is 16.0 Å². The molecule has 3 aromatic rings. The molecule has 11 nitrogen and oxygen atoms in total. The van der Waals surface area contributed by atoms with Crippen LogP contribution in [0.25, 0.3) is 11.2 Å². The van der Waals surface area contributed by atoms with Crippen LogP contribution in [0.5, 0.6) is 0 Å². The number of nitrogens with one attached hydrogen (secondary N) is 3. The minimum atomic E-state index is -3.84. The summed E-state index contributed by atoms with van der Waals surface area (Å²) in [5, 5.41) is -0.294. The second kappa shape index (κ2) is 9.69. The molecule has 1 aromatic carbocycles. The lowest BCUT2D eigenvalue weighted by molar-refractivity contribution is -0.125. The molecule has 13 heteroatoms. The normalized spacial score (nSPS) is 22.3. The molecule has 3 N–H and O–H groups in total. The Hall–Kier alpha value is -3.03. The number of benzene rings is 1. The summed E-state index contributed by atoms with van der Waals surface area (Å²) in [5.41, 5.74) is 6.89. The van der Waals surface area contributed by atoms with Gasteiger partial charge in [0, 0.05) is 18.2 Å². The molecular formula is C24H30N6O5S2. The summed E-state index contributed by atoms with van der Waals surface area (Å²) in [6.07, 6.45) is 5.95. The van der Waals surface area contributed by atoms with Crippen LogP contribution in [-0.2, 0) is 24.8 Å². The molecule has 2 heterocycles. The number of hydrogen-bond acceptors (Lipinski definition) is 8. The fraction of sp³-hybridized carbons (Fsp3) is 0.458. The Bertz CT molecular complexity index is 1530. The molecule has 2 aliphatic carbocycles. The van der Waals surface area contributed by atoms with E-state index in [-0.39, 0.29) is 45.4 Å². The van der Waals surface area contributed by atoms with Crippen molar-refractivity contribution in [1.82, 2.24) is 24.1 Å². The number of fused-ring (bicyclic) bond motifs is 1. The highest BCUT2D eigenvalue weighted by molar-refractivity contribution is 7.90.